The molecule has 0 fully saturated rings. The van der Waals surface area contributed by atoms with Gasteiger partial charge in [-0.25, -0.2) is 0 Å². The second-order valence-corrected chi connectivity index (χ2v) is 5.98. The predicted octanol–water partition coefficient (Wildman–Crippen LogP) is 4.79. The molecule has 0 aromatic heterocycles. The summed E-state index contributed by atoms with van der Waals surface area (Å²) in [5.41, 5.74) is 1.93. The first-order chi connectivity index (χ1) is 11.2. The number of hydrogen-bond acceptors (Lipinski definition) is 2. The van der Waals surface area contributed by atoms with Gasteiger partial charge in [-0.05, 0) is 61.8 Å². The molecule has 2 N–H and O–H groups in total. The number of thiocarbonyl (C=S) groups is 1. The Hall–Kier alpha value is -1.78. The third-order valence-electron chi connectivity index (χ3n) is 3.38. The fourth-order valence-corrected chi connectivity index (χ4v) is 2.43. The number of nitrogens with one attached hydrogen (secondary N) is 2. The summed E-state index contributed by atoms with van der Waals surface area (Å²) >= 11 is 11.4. The Bertz CT molecular complexity index is 634. The van der Waals surface area contributed by atoms with E-state index in [0.717, 1.165) is 41.4 Å². The average Bonchev–Trinajstić information content (AvgIpc) is 2.56. The van der Waals surface area contributed by atoms with E-state index in [1.807, 2.05) is 55.5 Å². The average molecular weight is 349 g/mol. The molecule has 0 aliphatic rings. The fraction of sp³-hybridized carbons (Fsp3) is 0.278. The van der Waals surface area contributed by atoms with Crippen LogP contribution in [0.15, 0.2) is 48.5 Å². The van der Waals surface area contributed by atoms with Crippen LogP contribution in [0, 0.1) is 6.92 Å². The maximum absolute atomic E-state index is 6.09. The monoisotopic (exact) mass is 348 g/mol. The standard InChI is InChI=1S/C18H21ClN2OS/c1-14-16(19)10-7-11-17(14)21-18(23)20-12-5-6-13-22-15-8-3-2-4-9-15/h2-4,7-11H,5-6,12-13H2,1H3,(H2,20,21,23). The predicted molar refractivity (Wildman–Crippen MR) is 102 cm³/mol. The lowest BCUT2D eigenvalue weighted by Gasteiger charge is -2.13. The number of ether oxygens (including phenoxy) is 1. The maximum atomic E-state index is 6.09. The van der Waals surface area contributed by atoms with Gasteiger partial charge in [-0.1, -0.05) is 35.9 Å². The maximum Gasteiger partial charge on any atom is 0.170 e. The van der Waals surface area contributed by atoms with Gasteiger partial charge in [0.15, 0.2) is 5.11 Å². The third kappa shape index (κ3) is 6.08. The lowest BCUT2D eigenvalue weighted by Crippen LogP contribution is -2.29. The van der Waals surface area contributed by atoms with Crippen LogP contribution in [0.3, 0.4) is 0 Å². The Kier molecular flexibility index (Phi) is 7.17. The Morgan fingerprint density at radius 1 is 1.09 bits per heavy atom. The van der Waals surface area contributed by atoms with Crippen molar-refractivity contribution in [1.82, 2.24) is 5.32 Å². The van der Waals surface area contributed by atoms with Gasteiger partial charge in [-0.2, -0.15) is 0 Å². The first kappa shape index (κ1) is 17.6. The summed E-state index contributed by atoms with van der Waals surface area (Å²) in [7, 11) is 0. The SMILES string of the molecule is Cc1c(Cl)cccc1NC(=S)NCCCCOc1ccccc1. The van der Waals surface area contributed by atoms with E-state index in [9.17, 15) is 0 Å². The highest BCUT2D eigenvalue weighted by atomic mass is 35.5. The Morgan fingerprint density at radius 3 is 2.65 bits per heavy atom. The zero-order valence-electron chi connectivity index (χ0n) is 13.1. The number of unbranched alkanes of at least 4 members (excludes halogenated alkanes) is 1. The minimum Gasteiger partial charge on any atom is -0.494 e. The molecule has 3 nitrogen and oxygen atoms in total. The number of para-hydroxylation sites is 1. The van der Waals surface area contributed by atoms with E-state index in [2.05, 4.69) is 10.6 Å². The summed E-state index contributed by atoms with van der Waals surface area (Å²) in [6.07, 6.45) is 1.96. The number of hydrogen-bond donors (Lipinski definition) is 2. The molecule has 0 amide bonds. The summed E-state index contributed by atoms with van der Waals surface area (Å²) in [5, 5.41) is 7.71. The van der Waals surface area contributed by atoms with Crippen LogP contribution in [-0.2, 0) is 0 Å². The minimum atomic E-state index is 0.611. The number of anilines is 1. The Labute approximate surface area is 148 Å². The van der Waals surface area contributed by atoms with Gasteiger partial charge >= 0.3 is 0 Å². The van der Waals surface area contributed by atoms with Crippen molar-refractivity contribution in [3.63, 3.8) is 0 Å². The molecule has 0 bridgehead atoms. The molecule has 0 atom stereocenters. The highest BCUT2D eigenvalue weighted by Crippen LogP contribution is 2.22. The molecule has 2 aromatic carbocycles. The van der Waals surface area contributed by atoms with Gasteiger partial charge < -0.3 is 15.4 Å². The van der Waals surface area contributed by atoms with Gasteiger partial charge in [0, 0.05) is 17.3 Å². The van der Waals surface area contributed by atoms with Crippen LogP contribution in [0.25, 0.3) is 0 Å². The molecule has 0 aliphatic carbocycles. The normalized spacial score (nSPS) is 10.2. The molecule has 0 saturated carbocycles. The highest BCUT2D eigenvalue weighted by molar-refractivity contribution is 7.80. The molecular weight excluding hydrogens is 328 g/mol. The quantitative estimate of drug-likeness (QED) is 0.556. The van der Waals surface area contributed by atoms with E-state index in [4.69, 9.17) is 28.6 Å². The molecule has 0 aliphatic heterocycles. The molecule has 5 heteroatoms. The summed E-state index contributed by atoms with van der Waals surface area (Å²) in [6, 6.07) is 15.6. The third-order valence-corrected chi connectivity index (χ3v) is 4.04. The highest BCUT2D eigenvalue weighted by Gasteiger charge is 2.03. The van der Waals surface area contributed by atoms with Crippen molar-refractivity contribution in [3.8, 4) is 5.75 Å². The second kappa shape index (κ2) is 9.38. The first-order valence-corrected chi connectivity index (χ1v) is 8.43. The largest absolute Gasteiger partial charge is 0.494 e. The van der Waals surface area contributed by atoms with Crippen molar-refractivity contribution in [2.24, 2.45) is 0 Å². The van der Waals surface area contributed by atoms with Gasteiger partial charge in [-0.3, -0.25) is 0 Å². The van der Waals surface area contributed by atoms with Crippen molar-refractivity contribution < 1.29 is 4.74 Å². The van der Waals surface area contributed by atoms with Crippen molar-refractivity contribution in [3.05, 3.63) is 59.1 Å². The zero-order chi connectivity index (χ0) is 16.5. The summed E-state index contributed by atoms with van der Waals surface area (Å²) in [4.78, 5) is 0. The topological polar surface area (TPSA) is 33.3 Å². The number of benzene rings is 2. The van der Waals surface area contributed by atoms with E-state index in [0.29, 0.717) is 11.7 Å². The van der Waals surface area contributed by atoms with E-state index < -0.39 is 0 Å². The summed E-state index contributed by atoms with van der Waals surface area (Å²) < 4.78 is 5.65. The van der Waals surface area contributed by atoms with Crippen LogP contribution < -0.4 is 15.4 Å². The molecule has 0 unspecified atom stereocenters. The lowest BCUT2D eigenvalue weighted by molar-refractivity contribution is 0.307. The minimum absolute atomic E-state index is 0.611. The number of halogens is 1. The molecule has 0 radical (unpaired) electrons. The molecule has 0 heterocycles. The van der Waals surface area contributed by atoms with Crippen LogP contribution in [0.1, 0.15) is 18.4 Å². The van der Waals surface area contributed by atoms with Crippen LogP contribution in [0.2, 0.25) is 5.02 Å². The van der Waals surface area contributed by atoms with E-state index in [1.165, 1.54) is 0 Å². The molecule has 122 valence electrons. The van der Waals surface area contributed by atoms with Crippen molar-refractivity contribution in [2.45, 2.75) is 19.8 Å². The van der Waals surface area contributed by atoms with E-state index in [1.54, 1.807) is 0 Å². The van der Waals surface area contributed by atoms with Crippen molar-refractivity contribution >= 4 is 34.6 Å². The molecule has 2 rings (SSSR count). The van der Waals surface area contributed by atoms with Gasteiger partial charge in [0.2, 0.25) is 0 Å². The molecule has 0 spiro atoms. The van der Waals surface area contributed by atoms with Crippen molar-refractivity contribution in [2.75, 3.05) is 18.5 Å². The van der Waals surface area contributed by atoms with E-state index in [-0.39, 0.29) is 0 Å². The van der Waals surface area contributed by atoms with Crippen molar-refractivity contribution in [1.29, 1.82) is 0 Å². The lowest BCUT2D eigenvalue weighted by atomic mass is 10.2. The summed E-state index contributed by atoms with van der Waals surface area (Å²) in [6.45, 7) is 3.48. The molecular formula is C18H21ClN2OS. The van der Waals surface area contributed by atoms with Gasteiger partial charge in [0.1, 0.15) is 5.75 Å². The molecule has 2 aromatic rings. The Balaban J connectivity index is 1.61. The van der Waals surface area contributed by atoms with E-state index >= 15 is 0 Å². The van der Waals surface area contributed by atoms with Gasteiger partial charge in [0.05, 0.1) is 6.61 Å². The van der Waals surface area contributed by atoms with Crippen LogP contribution in [-0.4, -0.2) is 18.3 Å². The van der Waals surface area contributed by atoms with Gasteiger partial charge in [-0.15, -0.1) is 0 Å². The Morgan fingerprint density at radius 2 is 1.87 bits per heavy atom. The zero-order valence-corrected chi connectivity index (χ0v) is 14.7. The van der Waals surface area contributed by atoms with Gasteiger partial charge in [0.25, 0.3) is 0 Å². The second-order valence-electron chi connectivity index (χ2n) is 5.16. The molecule has 0 saturated heterocycles. The van der Waals surface area contributed by atoms with Crippen LogP contribution in [0.5, 0.6) is 5.75 Å². The smallest absolute Gasteiger partial charge is 0.170 e. The van der Waals surface area contributed by atoms with Crippen LogP contribution in [0.4, 0.5) is 5.69 Å². The van der Waals surface area contributed by atoms with Crippen LogP contribution >= 0.6 is 23.8 Å². The molecule has 23 heavy (non-hydrogen) atoms. The number of rotatable bonds is 7. The first-order valence-electron chi connectivity index (χ1n) is 7.64. The summed E-state index contributed by atoms with van der Waals surface area (Å²) in [5.74, 6) is 0.911. The fourth-order valence-electron chi connectivity index (χ4n) is 2.05.